The van der Waals surface area contributed by atoms with E-state index in [0.29, 0.717) is 6.61 Å². The molecule has 0 spiro atoms. The van der Waals surface area contributed by atoms with Crippen LogP contribution < -0.4 is 0 Å². The Morgan fingerprint density at radius 1 is 1.55 bits per heavy atom. The molecule has 0 unspecified atom stereocenters. The van der Waals surface area contributed by atoms with Crippen LogP contribution in [-0.2, 0) is 9.53 Å². The van der Waals surface area contributed by atoms with Crippen LogP contribution in [0.4, 0.5) is 0 Å². The molecule has 0 radical (unpaired) electrons. The second-order valence-electron chi connectivity index (χ2n) is 2.96. The number of amides is 1. The first-order valence-corrected chi connectivity index (χ1v) is 3.80. The van der Waals surface area contributed by atoms with Crippen molar-refractivity contribution >= 4 is 5.91 Å². The van der Waals surface area contributed by atoms with Crippen molar-refractivity contribution in [1.82, 2.24) is 4.90 Å². The third-order valence-electron chi connectivity index (χ3n) is 1.78. The quantitative estimate of drug-likeness (QED) is 0.580. The van der Waals surface area contributed by atoms with Gasteiger partial charge in [-0.25, -0.2) is 0 Å². The van der Waals surface area contributed by atoms with Gasteiger partial charge in [0.1, 0.15) is 5.72 Å². The number of rotatable bonds is 3. The Morgan fingerprint density at radius 2 is 2.00 bits per heavy atom. The molecule has 0 aromatic carbocycles. The SMILES string of the molecule is CCOC(C)(C)N(C)C(C)=O. The minimum Gasteiger partial charge on any atom is -0.356 e. The van der Waals surface area contributed by atoms with E-state index in [1.807, 2.05) is 20.8 Å². The van der Waals surface area contributed by atoms with Crippen LogP contribution in [0.2, 0.25) is 0 Å². The second-order valence-corrected chi connectivity index (χ2v) is 2.96. The van der Waals surface area contributed by atoms with Crippen molar-refractivity contribution in [2.24, 2.45) is 0 Å². The minimum absolute atomic E-state index is 0.0171. The summed E-state index contributed by atoms with van der Waals surface area (Å²) < 4.78 is 5.36. The number of hydrogen-bond donors (Lipinski definition) is 0. The number of nitrogens with zero attached hydrogens (tertiary/aromatic N) is 1. The zero-order valence-electron chi connectivity index (χ0n) is 7.97. The summed E-state index contributed by atoms with van der Waals surface area (Å²) in [6.07, 6.45) is 0. The largest absolute Gasteiger partial charge is 0.356 e. The molecule has 11 heavy (non-hydrogen) atoms. The lowest BCUT2D eigenvalue weighted by Gasteiger charge is -2.34. The predicted octanol–water partition coefficient (Wildman–Crippen LogP) is 1.24. The smallest absolute Gasteiger partial charge is 0.221 e. The number of carbonyl (C=O) groups is 1. The molecular weight excluding hydrogens is 142 g/mol. The molecule has 0 aliphatic heterocycles. The molecule has 0 aliphatic rings. The predicted molar refractivity (Wildman–Crippen MR) is 44.1 cm³/mol. The third-order valence-corrected chi connectivity index (χ3v) is 1.78. The Bertz CT molecular complexity index is 143. The molecule has 0 heterocycles. The molecule has 3 heteroatoms. The van der Waals surface area contributed by atoms with E-state index >= 15 is 0 Å². The first-order valence-electron chi connectivity index (χ1n) is 3.80. The lowest BCUT2D eigenvalue weighted by molar-refractivity contribution is -0.157. The molecule has 0 fully saturated rings. The van der Waals surface area contributed by atoms with Crippen molar-refractivity contribution in [3.8, 4) is 0 Å². The van der Waals surface area contributed by atoms with Crippen molar-refractivity contribution < 1.29 is 9.53 Å². The highest BCUT2D eigenvalue weighted by molar-refractivity contribution is 5.73. The van der Waals surface area contributed by atoms with Crippen LogP contribution in [0.3, 0.4) is 0 Å². The van der Waals surface area contributed by atoms with E-state index in [2.05, 4.69) is 0 Å². The van der Waals surface area contributed by atoms with E-state index in [-0.39, 0.29) is 5.91 Å². The molecule has 0 N–H and O–H groups in total. The summed E-state index contributed by atoms with van der Waals surface area (Å²) in [6.45, 7) is 7.80. The average molecular weight is 159 g/mol. The summed E-state index contributed by atoms with van der Waals surface area (Å²) in [5, 5.41) is 0. The van der Waals surface area contributed by atoms with Crippen LogP contribution in [0.15, 0.2) is 0 Å². The normalized spacial score (nSPS) is 11.4. The van der Waals surface area contributed by atoms with Crippen LogP contribution in [0.25, 0.3) is 0 Å². The van der Waals surface area contributed by atoms with E-state index in [4.69, 9.17) is 4.74 Å². The van der Waals surface area contributed by atoms with Gasteiger partial charge in [-0.2, -0.15) is 0 Å². The zero-order valence-corrected chi connectivity index (χ0v) is 7.97. The molecule has 66 valence electrons. The van der Waals surface area contributed by atoms with Crippen LogP contribution in [0, 0.1) is 0 Å². The summed E-state index contributed by atoms with van der Waals surface area (Å²) in [6, 6.07) is 0. The topological polar surface area (TPSA) is 29.5 Å². The number of ether oxygens (including phenoxy) is 1. The molecule has 0 rings (SSSR count). The van der Waals surface area contributed by atoms with Gasteiger partial charge < -0.3 is 9.64 Å². The number of carbonyl (C=O) groups excluding carboxylic acids is 1. The van der Waals surface area contributed by atoms with Crippen LogP contribution in [-0.4, -0.2) is 30.2 Å². The van der Waals surface area contributed by atoms with Gasteiger partial charge in [0.2, 0.25) is 5.91 Å². The van der Waals surface area contributed by atoms with Crippen molar-refractivity contribution in [2.75, 3.05) is 13.7 Å². The van der Waals surface area contributed by atoms with Crippen molar-refractivity contribution in [3.63, 3.8) is 0 Å². The van der Waals surface area contributed by atoms with E-state index in [1.165, 1.54) is 6.92 Å². The highest BCUT2D eigenvalue weighted by atomic mass is 16.5. The van der Waals surface area contributed by atoms with E-state index < -0.39 is 5.72 Å². The highest BCUT2D eigenvalue weighted by Crippen LogP contribution is 2.13. The number of hydrogen-bond acceptors (Lipinski definition) is 2. The molecule has 0 saturated carbocycles. The summed E-state index contributed by atoms with van der Waals surface area (Å²) >= 11 is 0. The first kappa shape index (κ1) is 10.4. The zero-order chi connectivity index (χ0) is 9.07. The van der Waals surface area contributed by atoms with E-state index in [0.717, 1.165) is 0 Å². The maximum atomic E-state index is 10.9. The van der Waals surface area contributed by atoms with Gasteiger partial charge in [-0.1, -0.05) is 0 Å². The molecule has 1 amide bonds. The van der Waals surface area contributed by atoms with Gasteiger partial charge in [-0.15, -0.1) is 0 Å². The van der Waals surface area contributed by atoms with Crippen LogP contribution in [0.5, 0.6) is 0 Å². The van der Waals surface area contributed by atoms with Gasteiger partial charge in [0.05, 0.1) is 0 Å². The molecule has 0 aromatic heterocycles. The van der Waals surface area contributed by atoms with Gasteiger partial charge in [0, 0.05) is 20.6 Å². The molecule has 0 atom stereocenters. The monoisotopic (exact) mass is 159 g/mol. The summed E-state index contributed by atoms with van der Waals surface area (Å²) in [5.41, 5.74) is -0.486. The second kappa shape index (κ2) is 3.72. The van der Waals surface area contributed by atoms with Crippen molar-refractivity contribution in [3.05, 3.63) is 0 Å². The maximum absolute atomic E-state index is 10.9. The Morgan fingerprint density at radius 3 is 2.27 bits per heavy atom. The Balaban J connectivity index is 4.16. The van der Waals surface area contributed by atoms with Gasteiger partial charge in [-0.3, -0.25) is 4.79 Å². The summed E-state index contributed by atoms with van der Waals surface area (Å²) in [5.74, 6) is 0.0171. The fourth-order valence-electron chi connectivity index (χ4n) is 0.829. The van der Waals surface area contributed by atoms with Crippen molar-refractivity contribution in [2.45, 2.75) is 33.4 Å². The molecule has 0 bridgehead atoms. The van der Waals surface area contributed by atoms with Gasteiger partial charge >= 0.3 is 0 Å². The van der Waals surface area contributed by atoms with Gasteiger partial charge in [0.25, 0.3) is 0 Å². The molecule has 0 saturated heterocycles. The van der Waals surface area contributed by atoms with E-state index in [1.54, 1.807) is 11.9 Å². The Kier molecular flexibility index (Phi) is 3.52. The third kappa shape index (κ3) is 2.89. The molecule has 0 aromatic rings. The Hall–Kier alpha value is -0.570. The standard InChI is InChI=1S/C8H17NO2/c1-6-11-8(3,4)9(5)7(2)10/h6H2,1-5H3. The molecular formula is C8H17NO2. The average Bonchev–Trinajstić information content (AvgIpc) is 1.86. The first-order chi connectivity index (χ1) is 4.91. The summed E-state index contributed by atoms with van der Waals surface area (Å²) in [7, 11) is 1.73. The van der Waals surface area contributed by atoms with Crippen molar-refractivity contribution in [1.29, 1.82) is 0 Å². The Labute approximate surface area is 68.3 Å². The van der Waals surface area contributed by atoms with Crippen LogP contribution >= 0.6 is 0 Å². The van der Waals surface area contributed by atoms with E-state index in [9.17, 15) is 4.79 Å². The van der Waals surface area contributed by atoms with Gasteiger partial charge in [0.15, 0.2) is 0 Å². The lowest BCUT2D eigenvalue weighted by Crippen LogP contribution is -2.46. The fraction of sp³-hybridized carbons (Fsp3) is 0.875. The highest BCUT2D eigenvalue weighted by Gasteiger charge is 2.25. The van der Waals surface area contributed by atoms with Gasteiger partial charge in [-0.05, 0) is 20.8 Å². The maximum Gasteiger partial charge on any atom is 0.221 e. The lowest BCUT2D eigenvalue weighted by atomic mass is 10.2. The molecule has 0 aliphatic carbocycles. The molecule has 3 nitrogen and oxygen atoms in total. The van der Waals surface area contributed by atoms with Crippen LogP contribution in [0.1, 0.15) is 27.7 Å². The fourth-order valence-corrected chi connectivity index (χ4v) is 0.829. The summed E-state index contributed by atoms with van der Waals surface area (Å²) in [4.78, 5) is 12.5. The minimum atomic E-state index is -0.486.